The first-order valence-electron chi connectivity index (χ1n) is 7.13. The van der Waals surface area contributed by atoms with E-state index in [1.54, 1.807) is 17.0 Å². The van der Waals surface area contributed by atoms with Gasteiger partial charge >= 0.3 is 6.09 Å². The lowest BCUT2D eigenvalue weighted by Crippen LogP contribution is -2.55. The van der Waals surface area contributed by atoms with Crippen LogP contribution in [0.3, 0.4) is 0 Å². The third-order valence-corrected chi connectivity index (χ3v) is 3.28. The van der Waals surface area contributed by atoms with Crippen molar-refractivity contribution in [3.8, 4) is 0 Å². The largest absolute Gasteiger partial charge is 0.444 e. The van der Waals surface area contributed by atoms with Crippen molar-refractivity contribution in [2.75, 3.05) is 24.5 Å². The zero-order valence-electron chi connectivity index (χ0n) is 13.0. The molecule has 0 aromatic carbocycles. The van der Waals surface area contributed by atoms with Crippen LogP contribution in [0.15, 0.2) is 18.2 Å². The molecule has 0 unspecified atom stereocenters. The summed E-state index contributed by atoms with van der Waals surface area (Å²) in [5.74, 6) is 0.111. The van der Waals surface area contributed by atoms with E-state index in [-0.39, 0.29) is 12.1 Å². The maximum atomic E-state index is 13.2. The first kappa shape index (κ1) is 15.5. The normalized spacial score (nSPS) is 19.6. The minimum atomic E-state index is -0.502. The maximum absolute atomic E-state index is 13.2. The van der Waals surface area contributed by atoms with E-state index >= 15 is 0 Å². The van der Waals surface area contributed by atoms with Gasteiger partial charge in [0.1, 0.15) is 11.4 Å². The van der Waals surface area contributed by atoms with Crippen molar-refractivity contribution in [1.82, 2.24) is 9.88 Å². The van der Waals surface area contributed by atoms with E-state index in [1.807, 2.05) is 32.6 Å². The molecule has 1 atom stereocenters. The van der Waals surface area contributed by atoms with Crippen LogP contribution >= 0.6 is 0 Å². The highest BCUT2D eigenvalue weighted by Gasteiger charge is 2.31. The number of rotatable bonds is 1. The molecule has 2 rings (SSSR count). The number of aromatic nitrogens is 1. The van der Waals surface area contributed by atoms with Gasteiger partial charge in [-0.3, -0.25) is 0 Å². The molecule has 1 aromatic heterocycles. The molecule has 1 amide bonds. The van der Waals surface area contributed by atoms with Gasteiger partial charge in [0.2, 0.25) is 5.95 Å². The third kappa shape index (κ3) is 4.06. The van der Waals surface area contributed by atoms with Crippen molar-refractivity contribution in [1.29, 1.82) is 0 Å². The number of hydrogen-bond acceptors (Lipinski definition) is 4. The first-order chi connectivity index (χ1) is 9.76. The van der Waals surface area contributed by atoms with Gasteiger partial charge in [-0.2, -0.15) is 4.39 Å². The summed E-state index contributed by atoms with van der Waals surface area (Å²) in [6, 6.07) is 4.73. The SMILES string of the molecule is C[C@@H]1CN(c2cccc(F)n2)CCN1C(=O)OC(C)(C)C. The van der Waals surface area contributed by atoms with E-state index in [1.165, 1.54) is 6.07 Å². The number of hydrogen-bond donors (Lipinski definition) is 0. The smallest absolute Gasteiger partial charge is 0.410 e. The molecule has 0 saturated carbocycles. The molecule has 1 aliphatic heterocycles. The molecule has 1 saturated heterocycles. The average molecular weight is 295 g/mol. The van der Waals surface area contributed by atoms with Crippen LogP contribution in [-0.4, -0.2) is 47.3 Å². The topological polar surface area (TPSA) is 45.7 Å². The molecule has 21 heavy (non-hydrogen) atoms. The monoisotopic (exact) mass is 295 g/mol. The Morgan fingerprint density at radius 3 is 2.67 bits per heavy atom. The van der Waals surface area contributed by atoms with Gasteiger partial charge in [-0.1, -0.05) is 6.07 Å². The van der Waals surface area contributed by atoms with Crippen LogP contribution in [0.1, 0.15) is 27.7 Å². The van der Waals surface area contributed by atoms with Gasteiger partial charge in [0, 0.05) is 25.7 Å². The summed E-state index contributed by atoms with van der Waals surface area (Å²) in [6.07, 6.45) is -0.304. The molecule has 116 valence electrons. The number of piperazine rings is 1. The summed E-state index contributed by atoms with van der Waals surface area (Å²) in [4.78, 5) is 19.7. The second-order valence-corrected chi connectivity index (χ2v) is 6.29. The molecule has 0 radical (unpaired) electrons. The quantitative estimate of drug-likeness (QED) is 0.747. The molecule has 0 spiro atoms. The Labute approximate surface area is 124 Å². The van der Waals surface area contributed by atoms with Crippen LogP contribution in [0.2, 0.25) is 0 Å². The Morgan fingerprint density at radius 2 is 2.10 bits per heavy atom. The predicted octanol–water partition coefficient (Wildman–Crippen LogP) is 2.67. The fraction of sp³-hybridized carbons (Fsp3) is 0.600. The van der Waals surface area contributed by atoms with Gasteiger partial charge < -0.3 is 14.5 Å². The highest BCUT2D eigenvalue weighted by Crippen LogP contribution is 2.19. The second kappa shape index (κ2) is 5.87. The fourth-order valence-electron chi connectivity index (χ4n) is 2.33. The number of nitrogens with zero attached hydrogens (tertiary/aromatic N) is 3. The Balaban J connectivity index is 2.01. The second-order valence-electron chi connectivity index (χ2n) is 6.29. The van der Waals surface area contributed by atoms with Crippen LogP contribution in [-0.2, 0) is 4.74 Å². The van der Waals surface area contributed by atoms with Gasteiger partial charge in [-0.25, -0.2) is 9.78 Å². The number of carbonyl (C=O) groups excluding carboxylic acids is 1. The standard InChI is InChI=1S/C15H22FN3O2/c1-11-10-18(13-7-5-6-12(16)17-13)8-9-19(11)14(20)21-15(2,3)4/h5-7,11H,8-10H2,1-4H3/t11-/m1/s1. The van der Waals surface area contributed by atoms with Crippen molar-refractivity contribution in [2.45, 2.75) is 39.3 Å². The van der Waals surface area contributed by atoms with Gasteiger partial charge in [0.05, 0.1) is 0 Å². The first-order valence-corrected chi connectivity index (χ1v) is 7.13. The zero-order chi connectivity index (χ0) is 15.6. The van der Waals surface area contributed by atoms with Gasteiger partial charge in [0.15, 0.2) is 0 Å². The molecule has 1 aromatic rings. The summed E-state index contributed by atoms with van der Waals surface area (Å²) >= 11 is 0. The summed E-state index contributed by atoms with van der Waals surface area (Å²) in [6.45, 7) is 9.26. The average Bonchev–Trinajstić information content (AvgIpc) is 2.36. The van der Waals surface area contributed by atoms with Crippen molar-refractivity contribution in [3.05, 3.63) is 24.1 Å². The number of ether oxygens (including phenoxy) is 1. The minimum absolute atomic E-state index is 0.0151. The molecule has 2 heterocycles. The molecule has 0 aliphatic carbocycles. The van der Waals surface area contributed by atoms with E-state index in [0.29, 0.717) is 25.5 Å². The van der Waals surface area contributed by atoms with Crippen molar-refractivity contribution in [3.63, 3.8) is 0 Å². The molecular weight excluding hydrogens is 273 g/mol. The molecule has 6 heteroatoms. The number of halogens is 1. The van der Waals surface area contributed by atoms with Crippen LogP contribution in [0.25, 0.3) is 0 Å². The van der Waals surface area contributed by atoms with Gasteiger partial charge in [0.25, 0.3) is 0 Å². The third-order valence-electron chi connectivity index (χ3n) is 3.28. The van der Waals surface area contributed by atoms with E-state index in [2.05, 4.69) is 4.98 Å². The molecule has 5 nitrogen and oxygen atoms in total. The lowest BCUT2D eigenvalue weighted by molar-refractivity contribution is 0.0158. The van der Waals surface area contributed by atoms with E-state index in [9.17, 15) is 9.18 Å². The van der Waals surface area contributed by atoms with E-state index < -0.39 is 11.5 Å². The lowest BCUT2D eigenvalue weighted by atomic mass is 10.2. The summed E-state index contributed by atoms with van der Waals surface area (Å²) in [5.41, 5.74) is -0.502. The Morgan fingerprint density at radius 1 is 1.38 bits per heavy atom. The number of anilines is 1. The molecule has 0 bridgehead atoms. The van der Waals surface area contributed by atoms with Crippen LogP contribution in [0, 0.1) is 5.95 Å². The van der Waals surface area contributed by atoms with Crippen LogP contribution < -0.4 is 4.90 Å². The maximum Gasteiger partial charge on any atom is 0.410 e. The van der Waals surface area contributed by atoms with Gasteiger partial charge in [-0.05, 0) is 39.8 Å². The van der Waals surface area contributed by atoms with E-state index in [0.717, 1.165) is 0 Å². The molecule has 0 N–H and O–H groups in total. The lowest BCUT2D eigenvalue weighted by Gasteiger charge is -2.40. The molecule has 1 aliphatic rings. The number of carbonyl (C=O) groups is 1. The van der Waals surface area contributed by atoms with E-state index in [4.69, 9.17) is 4.74 Å². The molecule has 1 fully saturated rings. The predicted molar refractivity (Wildman–Crippen MR) is 78.8 cm³/mol. The van der Waals surface area contributed by atoms with Gasteiger partial charge in [-0.15, -0.1) is 0 Å². The van der Waals surface area contributed by atoms with Crippen LogP contribution in [0.4, 0.5) is 15.0 Å². The summed E-state index contributed by atoms with van der Waals surface area (Å²) in [7, 11) is 0. The summed E-state index contributed by atoms with van der Waals surface area (Å²) in [5, 5.41) is 0. The Kier molecular flexibility index (Phi) is 4.34. The van der Waals surface area contributed by atoms with Crippen molar-refractivity contribution >= 4 is 11.9 Å². The van der Waals surface area contributed by atoms with Crippen molar-refractivity contribution in [2.24, 2.45) is 0 Å². The van der Waals surface area contributed by atoms with Crippen molar-refractivity contribution < 1.29 is 13.9 Å². The molecular formula is C15H22FN3O2. The number of pyridine rings is 1. The fourth-order valence-corrected chi connectivity index (χ4v) is 2.33. The minimum Gasteiger partial charge on any atom is -0.444 e. The highest BCUT2D eigenvalue weighted by atomic mass is 19.1. The van der Waals surface area contributed by atoms with Crippen LogP contribution in [0.5, 0.6) is 0 Å². The highest BCUT2D eigenvalue weighted by molar-refractivity contribution is 5.69. The zero-order valence-corrected chi connectivity index (χ0v) is 13.0. The Bertz CT molecular complexity index is 516. The Hall–Kier alpha value is -1.85. The summed E-state index contributed by atoms with van der Waals surface area (Å²) < 4.78 is 18.6. The number of amides is 1.